The van der Waals surface area contributed by atoms with Crippen molar-refractivity contribution in [3.05, 3.63) is 71.6 Å². The molecule has 0 unspecified atom stereocenters. The lowest BCUT2D eigenvalue weighted by Crippen LogP contribution is -2.49. The van der Waals surface area contributed by atoms with E-state index in [1.807, 2.05) is 36.4 Å². The van der Waals surface area contributed by atoms with E-state index in [1.165, 1.54) is 18.2 Å². The zero-order chi connectivity index (χ0) is 17.6. The van der Waals surface area contributed by atoms with Crippen molar-refractivity contribution in [2.45, 2.75) is 0 Å². The van der Waals surface area contributed by atoms with E-state index in [1.54, 1.807) is 17.0 Å². The van der Waals surface area contributed by atoms with Crippen molar-refractivity contribution in [2.24, 2.45) is 0 Å². The predicted octanol–water partition coefficient (Wildman–Crippen LogP) is 3.08. The highest BCUT2D eigenvalue weighted by atomic mass is 19.1. The van der Waals surface area contributed by atoms with Crippen LogP contribution in [-0.4, -0.2) is 37.0 Å². The maximum absolute atomic E-state index is 13.3. The lowest BCUT2D eigenvalue weighted by Gasteiger charge is -2.36. The fourth-order valence-electron chi connectivity index (χ4n) is 2.88. The summed E-state index contributed by atoms with van der Waals surface area (Å²) in [6, 6.07) is 17.8. The lowest BCUT2D eigenvalue weighted by molar-refractivity contribution is -0.126. The van der Waals surface area contributed by atoms with Gasteiger partial charge in [-0.3, -0.25) is 4.79 Å². The van der Waals surface area contributed by atoms with Crippen LogP contribution in [0.4, 0.5) is 10.1 Å². The molecule has 0 N–H and O–H groups in total. The predicted molar refractivity (Wildman–Crippen MR) is 95.2 cm³/mol. The van der Waals surface area contributed by atoms with Gasteiger partial charge >= 0.3 is 0 Å². The van der Waals surface area contributed by atoms with E-state index < -0.39 is 5.82 Å². The summed E-state index contributed by atoms with van der Waals surface area (Å²) in [7, 11) is 0. The second kappa shape index (κ2) is 7.63. The van der Waals surface area contributed by atoms with Crippen LogP contribution in [-0.2, 0) is 4.79 Å². The molecule has 4 nitrogen and oxygen atoms in total. The second-order valence-corrected chi connectivity index (χ2v) is 5.84. The molecule has 0 aliphatic carbocycles. The number of amides is 1. The Morgan fingerprint density at radius 3 is 2.40 bits per heavy atom. The summed E-state index contributed by atoms with van der Waals surface area (Å²) in [6.45, 7) is 2.54. The van der Waals surface area contributed by atoms with Crippen molar-refractivity contribution in [1.29, 1.82) is 5.26 Å². The highest BCUT2D eigenvalue weighted by Crippen LogP contribution is 2.17. The van der Waals surface area contributed by atoms with Gasteiger partial charge in [-0.1, -0.05) is 30.3 Å². The molecule has 1 fully saturated rings. The van der Waals surface area contributed by atoms with Crippen molar-refractivity contribution >= 4 is 17.7 Å². The zero-order valence-electron chi connectivity index (χ0n) is 13.7. The molecule has 1 saturated heterocycles. The molecule has 126 valence electrons. The molecule has 3 rings (SSSR count). The topological polar surface area (TPSA) is 47.3 Å². The summed E-state index contributed by atoms with van der Waals surface area (Å²) in [5, 5.41) is 9.32. The zero-order valence-corrected chi connectivity index (χ0v) is 13.7. The minimum atomic E-state index is -0.394. The number of piperazine rings is 1. The van der Waals surface area contributed by atoms with Crippen molar-refractivity contribution in [1.82, 2.24) is 4.90 Å². The van der Waals surface area contributed by atoms with Crippen LogP contribution in [0.3, 0.4) is 0 Å². The molecule has 2 aromatic rings. The fraction of sp³-hybridized carbons (Fsp3) is 0.200. The second-order valence-electron chi connectivity index (χ2n) is 5.84. The number of carbonyl (C=O) groups excluding carboxylic acids is 1. The first-order chi connectivity index (χ1) is 12.2. The van der Waals surface area contributed by atoms with Gasteiger partial charge in [-0.25, -0.2) is 4.39 Å². The third-order valence-electron chi connectivity index (χ3n) is 4.20. The highest BCUT2D eigenvalue weighted by molar-refractivity contribution is 6.01. The van der Waals surface area contributed by atoms with Crippen LogP contribution in [0.2, 0.25) is 0 Å². The van der Waals surface area contributed by atoms with Crippen LogP contribution in [0.1, 0.15) is 5.56 Å². The smallest absolute Gasteiger partial charge is 0.264 e. The van der Waals surface area contributed by atoms with Crippen molar-refractivity contribution in [3.8, 4) is 6.07 Å². The van der Waals surface area contributed by atoms with Gasteiger partial charge in [0.05, 0.1) is 0 Å². The molecule has 1 heterocycles. The molecule has 0 bridgehead atoms. The maximum Gasteiger partial charge on any atom is 0.264 e. The summed E-state index contributed by atoms with van der Waals surface area (Å²) >= 11 is 0. The average Bonchev–Trinajstić information content (AvgIpc) is 2.66. The summed E-state index contributed by atoms with van der Waals surface area (Å²) in [4.78, 5) is 16.5. The monoisotopic (exact) mass is 335 g/mol. The van der Waals surface area contributed by atoms with E-state index in [0.29, 0.717) is 31.7 Å². The van der Waals surface area contributed by atoms with E-state index in [4.69, 9.17) is 0 Å². The van der Waals surface area contributed by atoms with Gasteiger partial charge in [-0.05, 0) is 35.9 Å². The molecule has 0 spiro atoms. The average molecular weight is 335 g/mol. The number of hydrogen-bond acceptors (Lipinski definition) is 3. The van der Waals surface area contributed by atoms with Gasteiger partial charge in [0.2, 0.25) is 0 Å². The van der Waals surface area contributed by atoms with E-state index in [-0.39, 0.29) is 11.5 Å². The summed E-state index contributed by atoms with van der Waals surface area (Å²) in [5.74, 6) is -0.700. The Kier molecular flexibility index (Phi) is 5.10. The van der Waals surface area contributed by atoms with Gasteiger partial charge < -0.3 is 9.80 Å². The van der Waals surface area contributed by atoms with Gasteiger partial charge in [-0.15, -0.1) is 0 Å². The Labute approximate surface area is 146 Å². The summed E-state index contributed by atoms with van der Waals surface area (Å²) in [6.07, 6.45) is 1.44. The third-order valence-corrected chi connectivity index (χ3v) is 4.20. The van der Waals surface area contributed by atoms with Crippen LogP contribution in [0, 0.1) is 17.1 Å². The minimum absolute atomic E-state index is 0.0266. The van der Waals surface area contributed by atoms with Crippen LogP contribution in [0.15, 0.2) is 60.2 Å². The number of rotatable bonds is 3. The molecule has 1 amide bonds. The first-order valence-corrected chi connectivity index (χ1v) is 8.14. The fourth-order valence-corrected chi connectivity index (χ4v) is 2.88. The van der Waals surface area contributed by atoms with Gasteiger partial charge in [0.1, 0.15) is 17.5 Å². The number of halogens is 1. The number of benzene rings is 2. The Balaban J connectivity index is 1.68. The Hall–Kier alpha value is -3.13. The van der Waals surface area contributed by atoms with Gasteiger partial charge in [0, 0.05) is 31.9 Å². The Morgan fingerprint density at radius 2 is 1.76 bits per heavy atom. The molecule has 5 heteroatoms. The highest BCUT2D eigenvalue weighted by Gasteiger charge is 2.23. The van der Waals surface area contributed by atoms with Gasteiger partial charge in [0.25, 0.3) is 5.91 Å². The Bertz CT molecular complexity index is 818. The quantitative estimate of drug-likeness (QED) is 0.640. The van der Waals surface area contributed by atoms with Gasteiger partial charge in [-0.2, -0.15) is 5.26 Å². The van der Waals surface area contributed by atoms with Crippen molar-refractivity contribution < 1.29 is 9.18 Å². The maximum atomic E-state index is 13.3. The third kappa shape index (κ3) is 4.04. The van der Waals surface area contributed by atoms with E-state index in [2.05, 4.69) is 4.90 Å². The normalized spacial score (nSPS) is 15.0. The molecule has 2 aromatic carbocycles. The van der Waals surface area contributed by atoms with Crippen LogP contribution in [0.25, 0.3) is 6.08 Å². The molecule has 0 atom stereocenters. The minimum Gasteiger partial charge on any atom is -0.368 e. The number of nitrogens with zero attached hydrogens (tertiary/aromatic N) is 3. The van der Waals surface area contributed by atoms with E-state index >= 15 is 0 Å². The molecule has 0 radical (unpaired) electrons. The van der Waals surface area contributed by atoms with Crippen molar-refractivity contribution in [2.75, 3.05) is 31.1 Å². The molecule has 0 aromatic heterocycles. The standard InChI is InChI=1S/C20H18FN3O/c21-18-6-4-5-16(14-18)13-17(15-22)20(25)24-11-9-23(10-12-24)19-7-2-1-3-8-19/h1-8,13-14H,9-12H2/b17-13-. The molecule has 25 heavy (non-hydrogen) atoms. The first kappa shape index (κ1) is 16.7. The largest absolute Gasteiger partial charge is 0.368 e. The molecule has 1 aliphatic heterocycles. The number of para-hydroxylation sites is 1. The summed E-state index contributed by atoms with van der Waals surface area (Å²) in [5.41, 5.74) is 1.66. The SMILES string of the molecule is N#C/C(=C/c1cccc(F)c1)C(=O)N1CCN(c2ccccc2)CC1. The number of anilines is 1. The van der Waals surface area contributed by atoms with Crippen molar-refractivity contribution in [3.63, 3.8) is 0 Å². The molecule has 1 aliphatic rings. The number of hydrogen-bond donors (Lipinski definition) is 0. The van der Waals surface area contributed by atoms with Crippen LogP contribution < -0.4 is 4.90 Å². The molecule has 0 saturated carbocycles. The van der Waals surface area contributed by atoms with Crippen LogP contribution in [0.5, 0.6) is 0 Å². The van der Waals surface area contributed by atoms with Crippen LogP contribution >= 0.6 is 0 Å². The Morgan fingerprint density at radius 1 is 1.04 bits per heavy atom. The number of carbonyl (C=O) groups is 1. The number of nitriles is 1. The van der Waals surface area contributed by atoms with E-state index in [0.717, 1.165) is 5.69 Å². The lowest BCUT2D eigenvalue weighted by atomic mass is 10.1. The van der Waals surface area contributed by atoms with E-state index in [9.17, 15) is 14.4 Å². The van der Waals surface area contributed by atoms with Gasteiger partial charge in [0.15, 0.2) is 0 Å². The molecular formula is C20H18FN3O. The molecular weight excluding hydrogens is 317 g/mol. The first-order valence-electron chi connectivity index (χ1n) is 8.14. The summed E-state index contributed by atoms with van der Waals surface area (Å²) < 4.78 is 13.3.